The average molecular weight is 321 g/mol. The van der Waals surface area contributed by atoms with Crippen molar-refractivity contribution in [2.75, 3.05) is 13.1 Å². The molecule has 1 amide bonds. The molecule has 1 fully saturated rings. The highest BCUT2D eigenvalue weighted by Gasteiger charge is 2.36. The van der Waals surface area contributed by atoms with E-state index in [1.54, 1.807) is 4.90 Å². The standard InChI is InChI=1S/C14H18ClFN2O.ClH/c1-14(2)8-18(7-6-11(14)17)13(19)12-9(15)4-3-5-10(12)16;/h3-5,11H,6-8,17H2,1-2H3;1H. The van der Waals surface area contributed by atoms with Gasteiger partial charge in [0, 0.05) is 19.1 Å². The van der Waals surface area contributed by atoms with Crippen LogP contribution >= 0.6 is 24.0 Å². The van der Waals surface area contributed by atoms with Gasteiger partial charge in [-0.05, 0) is 24.0 Å². The third kappa shape index (κ3) is 3.25. The largest absolute Gasteiger partial charge is 0.338 e. The van der Waals surface area contributed by atoms with Crippen LogP contribution in [0.2, 0.25) is 5.02 Å². The molecule has 1 heterocycles. The normalized spacial score (nSPS) is 21.2. The lowest BCUT2D eigenvalue weighted by Gasteiger charge is -2.42. The molecule has 3 nitrogen and oxygen atoms in total. The second kappa shape index (κ2) is 6.29. The van der Waals surface area contributed by atoms with Gasteiger partial charge in [0.15, 0.2) is 0 Å². The lowest BCUT2D eigenvalue weighted by molar-refractivity contribution is 0.0529. The first-order chi connectivity index (χ1) is 8.83. The maximum absolute atomic E-state index is 13.8. The van der Waals surface area contributed by atoms with E-state index in [-0.39, 0.29) is 40.4 Å². The van der Waals surface area contributed by atoms with E-state index in [4.69, 9.17) is 17.3 Å². The summed E-state index contributed by atoms with van der Waals surface area (Å²) in [6.07, 6.45) is 0.713. The molecular weight excluding hydrogens is 302 g/mol. The van der Waals surface area contributed by atoms with Crippen molar-refractivity contribution in [2.45, 2.75) is 26.3 Å². The minimum Gasteiger partial charge on any atom is -0.338 e. The van der Waals surface area contributed by atoms with Gasteiger partial charge in [-0.1, -0.05) is 31.5 Å². The molecule has 0 aromatic heterocycles. The number of carbonyl (C=O) groups is 1. The molecule has 1 saturated heterocycles. The van der Waals surface area contributed by atoms with Crippen molar-refractivity contribution in [3.63, 3.8) is 0 Å². The first-order valence-electron chi connectivity index (χ1n) is 6.32. The average Bonchev–Trinajstić information content (AvgIpc) is 2.32. The van der Waals surface area contributed by atoms with Crippen LogP contribution < -0.4 is 5.73 Å². The summed E-state index contributed by atoms with van der Waals surface area (Å²) in [4.78, 5) is 14.0. The number of likely N-dealkylation sites (tertiary alicyclic amines) is 1. The Morgan fingerprint density at radius 1 is 1.50 bits per heavy atom. The fourth-order valence-corrected chi connectivity index (χ4v) is 2.65. The Kier molecular flexibility index (Phi) is 5.41. The molecule has 6 heteroatoms. The van der Waals surface area contributed by atoms with Crippen molar-refractivity contribution in [3.8, 4) is 0 Å². The van der Waals surface area contributed by atoms with E-state index in [0.717, 1.165) is 0 Å². The molecule has 1 atom stereocenters. The number of hydrogen-bond acceptors (Lipinski definition) is 2. The molecule has 0 radical (unpaired) electrons. The Balaban J connectivity index is 0.00000200. The topological polar surface area (TPSA) is 46.3 Å². The molecule has 1 aromatic carbocycles. The summed E-state index contributed by atoms with van der Waals surface area (Å²) < 4.78 is 13.8. The summed E-state index contributed by atoms with van der Waals surface area (Å²) >= 11 is 5.93. The zero-order valence-electron chi connectivity index (χ0n) is 11.5. The predicted octanol–water partition coefficient (Wildman–Crippen LogP) is 3.10. The van der Waals surface area contributed by atoms with E-state index < -0.39 is 5.82 Å². The van der Waals surface area contributed by atoms with Crippen LogP contribution in [0.4, 0.5) is 4.39 Å². The maximum atomic E-state index is 13.8. The van der Waals surface area contributed by atoms with Crippen LogP contribution in [0.5, 0.6) is 0 Å². The van der Waals surface area contributed by atoms with E-state index in [1.807, 2.05) is 13.8 Å². The molecule has 0 bridgehead atoms. The van der Waals surface area contributed by atoms with Gasteiger partial charge < -0.3 is 10.6 Å². The molecule has 0 saturated carbocycles. The first kappa shape index (κ1) is 17.2. The van der Waals surface area contributed by atoms with Crippen LogP contribution in [0.1, 0.15) is 30.6 Å². The molecule has 2 rings (SSSR count). The highest BCUT2D eigenvalue weighted by atomic mass is 35.5. The van der Waals surface area contributed by atoms with E-state index in [2.05, 4.69) is 0 Å². The van der Waals surface area contributed by atoms with Crippen molar-refractivity contribution in [2.24, 2.45) is 11.1 Å². The zero-order valence-corrected chi connectivity index (χ0v) is 13.1. The summed E-state index contributed by atoms with van der Waals surface area (Å²) in [7, 11) is 0. The molecule has 2 N–H and O–H groups in total. The second-order valence-electron chi connectivity index (χ2n) is 5.71. The Morgan fingerprint density at radius 3 is 2.70 bits per heavy atom. The van der Waals surface area contributed by atoms with Gasteiger partial charge in [0.25, 0.3) is 5.91 Å². The van der Waals surface area contributed by atoms with Gasteiger partial charge in [-0.2, -0.15) is 0 Å². The van der Waals surface area contributed by atoms with E-state index in [9.17, 15) is 9.18 Å². The predicted molar refractivity (Wildman–Crippen MR) is 80.9 cm³/mol. The molecule has 112 valence electrons. The molecule has 1 aromatic rings. The van der Waals surface area contributed by atoms with Gasteiger partial charge in [0.05, 0.1) is 10.6 Å². The lowest BCUT2D eigenvalue weighted by Crippen LogP contribution is -2.54. The number of amides is 1. The summed E-state index contributed by atoms with van der Waals surface area (Å²) in [6, 6.07) is 4.32. The summed E-state index contributed by atoms with van der Waals surface area (Å²) in [5, 5.41) is 0.151. The summed E-state index contributed by atoms with van der Waals surface area (Å²) in [6.45, 7) is 5.08. The van der Waals surface area contributed by atoms with E-state index in [0.29, 0.717) is 19.5 Å². The van der Waals surface area contributed by atoms with E-state index in [1.165, 1.54) is 18.2 Å². The minimum atomic E-state index is -0.579. The van der Waals surface area contributed by atoms with Crippen molar-refractivity contribution in [3.05, 3.63) is 34.6 Å². The monoisotopic (exact) mass is 320 g/mol. The molecule has 1 aliphatic rings. The van der Waals surface area contributed by atoms with Crippen LogP contribution in [0, 0.1) is 11.2 Å². The molecule has 0 spiro atoms. The van der Waals surface area contributed by atoms with Crippen LogP contribution in [-0.4, -0.2) is 29.9 Å². The Bertz CT molecular complexity index is 488. The number of benzene rings is 1. The number of nitrogens with two attached hydrogens (primary N) is 1. The van der Waals surface area contributed by atoms with Gasteiger partial charge in [0.1, 0.15) is 5.82 Å². The molecule has 1 aliphatic heterocycles. The number of nitrogens with zero attached hydrogens (tertiary/aromatic N) is 1. The van der Waals surface area contributed by atoms with E-state index >= 15 is 0 Å². The van der Waals surface area contributed by atoms with Gasteiger partial charge in [-0.3, -0.25) is 4.79 Å². The van der Waals surface area contributed by atoms with Gasteiger partial charge in [-0.15, -0.1) is 12.4 Å². The third-order valence-electron chi connectivity index (χ3n) is 3.78. The quantitative estimate of drug-likeness (QED) is 0.864. The van der Waals surface area contributed by atoms with Crippen LogP contribution in [-0.2, 0) is 0 Å². The van der Waals surface area contributed by atoms with Crippen LogP contribution in [0.25, 0.3) is 0 Å². The Hall–Kier alpha value is -0.840. The highest BCUT2D eigenvalue weighted by Crippen LogP contribution is 2.30. The van der Waals surface area contributed by atoms with Crippen molar-refractivity contribution < 1.29 is 9.18 Å². The SMILES string of the molecule is CC1(C)CN(C(=O)c2c(F)cccc2Cl)CCC1N.Cl. The number of carbonyl (C=O) groups excluding carboxylic acids is 1. The van der Waals surface area contributed by atoms with Crippen molar-refractivity contribution in [1.29, 1.82) is 0 Å². The molecule has 0 aliphatic carbocycles. The van der Waals surface area contributed by atoms with Gasteiger partial charge in [-0.25, -0.2) is 4.39 Å². The van der Waals surface area contributed by atoms with Gasteiger partial charge >= 0.3 is 0 Å². The zero-order chi connectivity index (χ0) is 14.2. The summed E-state index contributed by atoms with van der Waals surface area (Å²) in [5.74, 6) is -0.937. The van der Waals surface area contributed by atoms with Crippen molar-refractivity contribution in [1.82, 2.24) is 4.90 Å². The first-order valence-corrected chi connectivity index (χ1v) is 6.69. The minimum absolute atomic E-state index is 0. The number of halogens is 3. The fraction of sp³-hybridized carbons (Fsp3) is 0.500. The van der Waals surface area contributed by atoms with Gasteiger partial charge in [0.2, 0.25) is 0 Å². The molecule has 20 heavy (non-hydrogen) atoms. The number of hydrogen-bond donors (Lipinski definition) is 1. The molecular formula is C14H19Cl2FN2O. The third-order valence-corrected chi connectivity index (χ3v) is 4.09. The lowest BCUT2D eigenvalue weighted by atomic mass is 9.79. The number of piperidine rings is 1. The fourth-order valence-electron chi connectivity index (χ4n) is 2.41. The maximum Gasteiger partial charge on any atom is 0.258 e. The van der Waals surface area contributed by atoms with Crippen LogP contribution in [0.3, 0.4) is 0 Å². The van der Waals surface area contributed by atoms with Crippen LogP contribution in [0.15, 0.2) is 18.2 Å². The molecule has 1 unspecified atom stereocenters. The summed E-state index contributed by atoms with van der Waals surface area (Å²) in [5.41, 5.74) is 5.81. The Morgan fingerprint density at radius 2 is 2.15 bits per heavy atom. The Labute approximate surface area is 129 Å². The highest BCUT2D eigenvalue weighted by molar-refractivity contribution is 6.33. The second-order valence-corrected chi connectivity index (χ2v) is 6.11. The van der Waals surface area contributed by atoms with Crippen molar-refractivity contribution >= 4 is 29.9 Å². The number of rotatable bonds is 1. The smallest absolute Gasteiger partial charge is 0.258 e.